The number of nitrogens with zero attached hydrogens (tertiary/aromatic N) is 4. The molecule has 0 radical (unpaired) electrons. The lowest BCUT2D eigenvalue weighted by Gasteiger charge is -2.30. The zero-order valence-corrected chi connectivity index (χ0v) is 15.5. The van der Waals surface area contributed by atoms with Gasteiger partial charge in [-0.2, -0.15) is 10.2 Å². The Morgan fingerprint density at radius 1 is 1.11 bits per heavy atom. The number of piperidine rings is 1. The molecule has 6 heteroatoms. The zero-order chi connectivity index (χ0) is 19.3. The van der Waals surface area contributed by atoms with Gasteiger partial charge in [0.15, 0.2) is 5.82 Å². The highest BCUT2D eigenvalue weighted by Gasteiger charge is 2.25. The van der Waals surface area contributed by atoms with E-state index in [0.717, 1.165) is 43.6 Å². The summed E-state index contributed by atoms with van der Waals surface area (Å²) in [5.41, 5.74) is 2.83. The average Bonchev–Trinajstić information content (AvgIpc) is 3.19. The van der Waals surface area contributed by atoms with Crippen LogP contribution in [0.15, 0.2) is 53.1 Å². The molecular formula is C22H21FN4O. The van der Waals surface area contributed by atoms with Crippen LogP contribution in [0.25, 0.3) is 0 Å². The van der Waals surface area contributed by atoms with Crippen molar-refractivity contribution in [2.24, 2.45) is 0 Å². The van der Waals surface area contributed by atoms with Crippen LogP contribution in [0.4, 0.5) is 4.39 Å². The van der Waals surface area contributed by atoms with Crippen LogP contribution in [-0.2, 0) is 13.0 Å². The quantitative estimate of drug-likeness (QED) is 0.672. The summed E-state index contributed by atoms with van der Waals surface area (Å²) in [6.45, 7) is 2.76. The van der Waals surface area contributed by atoms with E-state index in [1.54, 1.807) is 12.1 Å². The number of rotatable bonds is 5. The molecule has 1 aliphatic heterocycles. The molecule has 1 saturated heterocycles. The van der Waals surface area contributed by atoms with Gasteiger partial charge in [-0.3, -0.25) is 4.90 Å². The normalized spacial score (nSPS) is 15.4. The van der Waals surface area contributed by atoms with E-state index in [1.807, 2.05) is 18.2 Å². The summed E-state index contributed by atoms with van der Waals surface area (Å²) in [6, 6.07) is 16.3. The van der Waals surface area contributed by atoms with Gasteiger partial charge < -0.3 is 4.52 Å². The van der Waals surface area contributed by atoms with E-state index in [4.69, 9.17) is 9.78 Å². The molecule has 1 aliphatic rings. The maximum Gasteiger partial charge on any atom is 0.229 e. The molecule has 0 N–H and O–H groups in total. The van der Waals surface area contributed by atoms with E-state index in [1.165, 1.54) is 12.1 Å². The molecule has 2 heterocycles. The lowest BCUT2D eigenvalue weighted by Crippen LogP contribution is -2.32. The van der Waals surface area contributed by atoms with Crippen molar-refractivity contribution in [3.63, 3.8) is 0 Å². The Bertz CT molecular complexity index is 969. The summed E-state index contributed by atoms with van der Waals surface area (Å²) in [7, 11) is 0. The van der Waals surface area contributed by atoms with Crippen LogP contribution in [0, 0.1) is 17.1 Å². The summed E-state index contributed by atoms with van der Waals surface area (Å²) in [6.07, 6.45) is 2.48. The van der Waals surface area contributed by atoms with Crippen LogP contribution in [0.3, 0.4) is 0 Å². The summed E-state index contributed by atoms with van der Waals surface area (Å²) in [5.74, 6) is 1.36. The second-order valence-electron chi connectivity index (χ2n) is 7.21. The van der Waals surface area contributed by atoms with Crippen molar-refractivity contribution in [3.05, 3.63) is 82.8 Å². The highest BCUT2D eigenvalue weighted by Crippen LogP contribution is 2.28. The molecule has 2 aromatic carbocycles. The molecule has 4 rings (SSSR count). The molecule has 5 nitrogen and oxygen atoms in total. The first kappa shape index (κ1) is 18.3. The van der Waals surface area contributed by atoms with Crippen molar-refractivity contribution < 1.29 is 8.91 Å². The van der Waals surface area contributed by atoms with Crippen LogP contribution in [-0.4, -0.2) is 28.1 Å². The fraction of sp³-hybridized carbons (Fsp3) is 0.318. The van der Waals surface area contributed by atoms with E-state index >= 15 is 0 Å². The van der Waals surface area contributed by atoms with Crippen LogP contribution in [0.5, 0.6) is 0 Å². The average molecular weight is 376 g/mol. The van der Waals surface area contributed by atoms with Crippen molar-refractivity contribution in [2.45, 2.75) is 31.7 Å². The Morgan fingerprint density at radius 3 is 2.64 bits per heavy atom. The predicted octanol–water partition coefficient (Wildman–Crippen LogP) is 4.05. The summed E-state index contributed by atoms with van der Waals surface area (Å²) in [4.78, 5) is 6.95. The lowest BCUT2D eigenvalue weighted by molar-refractivity contribution is 0.187. The van der Waals surface area contributed by atoms with Gasteiger partial charge >= 0.3 is 0 Å². The predicted molar refractivity (Wildman–Crippen MR) is 102 cm³/mol. The number of likely N-dealkylation sites (tertiary alicyclic amines) is 1. The molecule has 28 heavy (non-hydrogen) atoms. The van der Waals surface area contributed by atoms with Gasteiger partial charge in [-0.05, 0) is 61.3 Å². The van der Waals surface area contributed by atoms with E-state index < -0.39 is 0 Å². The number of benzene rings is 2. The molecule has 0 saturated carbocycles. The van der Waals surface area contributed by atoms with Crippen LogP contribution >= 0.6 is 0 Å². The standard InChI is InChI=1S/C22H21FN4O/c23-20-6-4-16(5-7-20)13-21-25-22(28-26-21)19-8-10-27(11-9-19)15-18-3-1-2-17(12-18)14-24/h1-7,12,19H,8-11,13,15H2. The maximum absolute atomic E-state index is 13.0. The Labute approximate surface area is 163 Å². The Morgan fingerprint density at radius 2 is 1.89 bits per heavy atom. The summed E-state index contributed by atoms with van der Waals surface area (Å²) >= 11 is 0. The molecule has 0 bridgehead atoms. The third-order valence-corrected chi connectivity index (χ3v) is 5.16. The fourth-order valence-corrected chi connectivity index (χ4v) is 3.63. The Balaban J connectivity index is 1.32. The minimum absolute atomic E-state index is 0.247. The van der Waals surface area contributed by atoms with Gasteiger partial charge in [-0.15, -0.1) is 0 Å². The Hall–Kier alpha value is -3.04. The molecule has 0 atom stereocenters. The Kier molecular flexibility index (Phi) is 5.45. The minimum Gasteiger partial charge on any atom is -0.339 e. The number of nitriles is 1. The fourth-order valence-electron chi connectivity index (χ4n) is 3.63. The molecule has 0 aliphatic carbocycles. The summed E-state index contributed by atoms with van der Waals surface area (Å²) < 4.78 is 18.5. The maximum atomic E-state index is 13.0. The van der Waals surface area contributed by atoms with Gasteiger partial charge in [-0.25, -0.2) is 4.39 Å². The summed E-state index contributed by atoms with van der Waals surface area (Å²) in [5, 5.41) is 13.1. The first-order chi connectivity index (χ1) is 13.7. The second kappa shape index (κ2) is 8.32. The van der Waals surface area contributed by atoms with Crippen LogP contribution < -0.4 is 0 Å². The van der Waals surface area contributed by atoms with Crippen molar-refractivity contribution >= 4 is 0 Å². The molecule has 0 unspecified atom stereocenters. The van der Waals surface area contributed by atoms with Crippen molar-refractivity contribution in [3.8, 4) is 6.07 Å². The highest BCUT2D eigenvalue weighted by atomic mass is 19.1. The van der Waals surface area contributed by atoms with Crippen molar-refractivity contribution in [1.29, 1.82) is 5.26 Å². The molecule has 142 valence electrons. The molecule has 0 spiro atoms. The molecule has 0 amide bonds. The van der Waals surface area contributed by atoms with Crippen LogP contribution in [0.1, 0.15) is 47.2 Å². The van der Waals surface area contributed by atoms with Gasteiger partial charge in [0, 0.05) is 18.9 Å². The highest BCUT2D eigenvalue weighted by molar-refractivity contribution is 5.32. The second-order valence-corrected chi connectivity index (χ2v) is 7.21. The van der Waals surface area contributed by atoms with E-state index in [2.05, 4.69) is 27.2 Å². The van der Waals surface area contributed by atoms with Gasteiger partial charge in [0.1, 0.15) is 5.82 Å². The third-order valence-electron chi connectivity index (χ3n) is 5.16. The minimum atomic E-state index is -0.247. The molecule has 1 aromatic heterocycles. The SMILES string of the molecule is N#Cc1cccc(CN2CCC(c3nc(Cc4ccc(F)cc4)no3)CC2)c1. The number of hydrogen-bond acceptors (Lipinski definition) is 5. The topological polar surface area (TPSA) is 66.0 Å². The van der Waals surface area contributed by atoms with E-state index in [9.17, 15) is 4.39 Å². The van der Waals surface area contributed by atoms with Gasteiger partial charge in [0.05, 0.1) is 11.6 Å². The van der Waals surface area contributed by atoms with Crippen LogP contribution in [0.2, 0.25) is 0 Å². The molecule has 1 fully saturated rings. The van der Waals surface area contributed by atoms with Gasteiger partial charge in [0.2, 0.25) is 5.89 Å². The molecular weight excluding hydrogens is 355 g/mol. The number of hydrogen-bond donors (Lipinski definition) is 0. The third kappa shape index (κ3) is 4.44. The molecule has 3 aromatic rings. The first-order valence-electron chi connectivity index (χ1n) is 9.48. The largest absolute Gasteiger partial charge is 0.339 e. The smallest absolute Gasteiger partial charge is 0.229 e. The van der Waals surface area contributed by atoms with Gasteiger partial charge in [-0.1, -0.05) is 29.4 Å². The van der Waals surface area contributed by atoms with E-state index in [-0.39, 0.29) is 11.7 Å². The van der Waals surface area contributed by atoms with Crippen molar-refractivity contribution in [1.82, 2.24) is 15.0 Å². The number of halogens is 1. The zero-order valence-electron chi connectivity index (χ0n) is 15.5. The van der Waals surface area contributed by atoms with E-state index in [0.29, 0.717) is 23.7 Å². The van der Waals surface area contributed by atoms with Gasteiger partial charge in [0.25, 0.3) is 0 Å². The first-order valence-corrected chi connectivity index (χ1v) is 9.48. The van der Waals surface area contributed by atoms with Crippen molar-refractivity contribution in [2.75, 3.05) is 13.1 Å². The monoisotopic (exact) mass is 376 g/mol. The lowest BCUT2D eigenvalue weighted by atomic mass is 9.96. The number of aromatic nitrogens is 2.